The van der Waals surface area contributed by atoms with Crippen LogP contribution in [0, 0.1) is 0 Å². The molecular formula is C19H29NO3. The third kappa shape index (κ3) is 5.63. The molecule has 0 aliphatic heterocycles. The summed E-state index contributed by atoms with van der Waals surface area (Å²) >= 11 is 0. The van der Waals surface area contributed by atoms with Gasteiger partial charge in [-0.2, -0.15) is 0 Å². The average molecular weight is 319 g/mol. The zero-order valence-electron chi connectivity index (χ0n) is 14.4. The van der Waals surface area contributed by atoms with Gasteiger partial charge < -0.3 is 14.7 Å². The minimum Gasteiger partial charge on any atom is -0.466 e. The molecule has 0 amide bonds. The summed E-state index contributed by atoms with van der Waals surface area (Å²) in [6.45, 7) is 3.67. The number of benzene rings is 1. The average Bonchev–Trinajstić information content (AvgIpc) is 2.57. The summed E-state index contributed by atoms with van der Waals surface area (Å²) in [5.41, 5.74) is 3.87. The largest absolute Gasteiger partial charge is 0.466 e. The smallest absolute Gasteiger partial charge is 0.307 e. The maximum absolute atomic E-state index is 11.3. The Kier molecular flexibility index (Phi) is 7.06. The highest BCUT2D eigenvalue weighted by Gasteiger charge is 2.14. The Labute approximate surface area is 139 Å². The zero-order chi connectivity index (χ0) is 16.7. The molecule has 1 unspecified atom stereocenters. The van der Waals surface area contributed by atoms with Gasteiger partial charge in [0.15, 0.2) is 0 Å². The van der Waals surface area contributed by atoms with Crippen molar-refractivity contribution in [3.8, 4) is 0 Å². The van der Waals surface area contributed by atoms with Crippen molar-refractivity contribution < 1.29 is 14.6 Å². The first-order valence-corrected chi connectivity index (χ1v) is 8.74. The van der Waals surface area contributed by atoms with Crippen LogP contribution in [0.15, 0.2) is 18.2 Å². The maximum atomic E-state index is 11.3. The quantitative estimate of drug-likeness (QED) is 0.749. The van der Waals surface area contributed by atoms with Gasteiger partial charge in [-0.15, -0.1) is 0 Å². The Hall–Kier alpha value is -1.39. The first-order chi connectivity index (χ1) is 11.1. The number of rotatable bonds is 8. The minimum atomic E-state index is -0.438. The van der Waals surface area contributed by atoms with E-state index in [1.165, 1.54) is 30.4 Å². The van der Waals surface area contributed by atoms with Gasteiger partial charge in [0.05, 0.1) is 19.1 Å². The fourth-order valence-electron chi connectivity index (χ4n) is 3.10. The topological polar surface area (TPSA) is 49.8 Å². The number of esters is 1. The molecule has 1 aromatic carbocycles. The molecule has 0 radical (unpaired) electrons. The molecule has 1 aliphatic carbocycles. The lowest BCUT2D eigenvalue weighted by atomic mass is 9.89. The van der Waals surface area contributed by atoms with Crippen LogP contribution in [0.1, 0.15) is 55.4 Å². The second kappa shape index (κ2) is 9.04. The van der Waals surface area contributed by atoms with Gasteiger partial charge in [-0.1, -0.05) is 18.2 Å². The lowest BCUT2D eigenvalue weighted by molar-refractivity contribution is -0.143. The van der Waals surface area contributed by atoms with E-state index in [2.05, 4.69) is 23.1 Å². The SMILES string of the molecule is CCOC(=O)CCN(C)CCC(O)c1ccc2c(c1)CCCC2. The second-order valence-electron chi connectivity index (χ2n) is 6.40. The molecule has 0 saturated heterocycles. The fourth-order valence-corrected chi connectivity index (χ4v) is 3.10. The van der Waals surface area contributed by atoms with Gasteiger partial charge in [-0.3, -0.25) is 4.79 Å². The van der Waals surface area contributed by atoms with E-state index in [0.717, 1.165) is 18.5 Å². The molecule has 0 spiro atoms. The van der Waals surface area contributed by atoms with Gasteiger partial charge in [-0.25, -0.2) is 0 Å². The summed E-state index contributed by atoms with van der Waals surface area (Å²) in [5, 5.41) is 10.4. The van der Waals surface area contributed by atoms with E-state index in [-0.39, 0.29) is 5.97 Å². The van der Waals surface area contributed by atoms with Crippen LogP contribution in [0.5, 0.6) is 0 Å². The van der Waals surface area contributed by atoms with Crippen LogP contribution >= 0.6 is 0 Å². The number of aryl methyl sites for hydroxylation is 2. The molecule has 0 bridgehead atoms. The maximum Gasteiger partial charge on any atom is 0.307 e. The minimum absolute atomic E-state index is 0.158. The molecule has 4 heteroatoms. The van der Waals surface area contributed by atoms with E-state index >= 15 is 0 Å². The van der Waals surface area contributed by atoms with Crippen molar-refractivity contribution >= 4 is 5.97 Å². The van der Waals surface area contributed by atoms with E-state index in [9.17, 15) is 9.90 Å². The van der Waals surface area contributed by atoms with Crippen LogP contribution in [0.4, 0.5) is 0 Å². The molecule has 1 aliphatic rings. The monoisotopic (exact) mass is 319 g/mol. The number of nitrogens with zero attached hydrogens (tertiary/aromatic N) is 1. The summed E-state index contributed by atoms with van der Waals surface area (Å²) in [4.78, 5) is 13.4. The summed E-state index contributed by atoms with van der Waals surface area (Å²) < 4.78 is 4.93. The molecule has 0 fully saturated rings. The Balaban J connectivity index is 1.78. The molecule has 1 N–H and O–H groups in total. The number of carbonyl (C=O) groups excluding carboxylic acids is 1. The van der Waals surface area contributed by atoms with Crippen molar-refractivity contribution in [1.29, 1.82) is 0 Å². The van der Waals surface area contributed by atoms with Crippen LogP contribution in [-0.2, 0) is 22.4 Å². The fraction of sp³-hybridized carbons (Fsp3) is 0.632. The summed E-state index contributed by atoms with van der Waals surface area (Å²) in [5.74, 6) is -0.158. The van der Waals surface area contributed by atoms with Crippen molar-refractivity contribution in [2.24, 2.45) is 0 Å². The second-order valence-corrected chi connectivity index (χ2v) is 6.40. The van der Waals surface area contributed by atoms with E-state index < -0.39 is 6.10 Å². The van der Waals surface area contributed by atoms with Gasteiger partial charge in [-0.05, 0) is 62.8 Å². The lowest BCUT2D eigenvalue weighted by Gasteiger charge is -2.21. The zero-order valence-corrected chi connectivity index (χ0v) is 14.4. The molecular weight excluding hydrogens is 290 g/mol. The van der Waals surface area contributed by atoms with E-state index in [1.54, 1.807) is 0 Å². The Bertz CT molecular complexity index is 515. The van der Waals surface area contributed by atoms with Gasteiger partial charge >= 0.3 is 5.97 Å². The number of aliphatic hydroxyl groups excluding tert-OH is 1. The van der Waals surface area contributed by atoms with Crippen molar-refractivity contribution in [3.05, 3.63) is 34.9 Å². The molecule has 1 atom stereocenters. The van der Waals surface area contributed by atoms with Crippen LogP contribution in [-0.4, -0.2) is 42.7 Å². The van der Waals surface area contributed by atoms with Gasteiger partial charge in [0.25, 0.3) is 0 Å². The normalized spacial score (nSPS) is 15.3. The first-order valence-electron chi connectivity index (χ1n) is 8.74. The molecule has 0 saturated carbocycles. The van der Waals surface area contributed by atoms with E-state index in [0.29, 0.717) is 26.0 Å². The molecule has 0 heterocycles. The van der Waals surface area contributed by atoms with Crippen LogP contribution < -0.4 is 0 Å². The lowest BCUT2D eigenvalue weighted by Crippen LogP contribution is -2.25. The van der Waals surface area contributed by atoms with Crippen LogP contribution in [0.2, 0.25) is 0 Å². The van der Waals surface area contributed by atoms with Crippen molar-refractivity contribution in [1.82, 2.24) is 4.90 Å². The van der Waals surface area contributed by atoms with E-state index in [4.69, 9.17) is 4.74 Å². The molecule has 23 heavy (non-hydrogen) atoms. The third-order valence-electron chi connectivity index (χ3n) is 4.54. The summed E-state index contributed by atoms with van der Waals surface area (Å²) in [6, 6.07) is 6.42. The number of aliphatic hydroxyl groups is 1. The number of hydrogen-bond donors (Lipinski definition) is 1. The van der Waals surface area contributed by atoms with Crippen LogP contribution in [0.25, 0.3) is 0 Å². The van der Waals surface area contributed by atoms with Crippen molar-refractivity contribution in [2.75, 3.05) is 26.7 Å². The molecule has 4 nitrogen and oxygen atoms in total. The van der Waals surface area contributed by atoms with Gasteiger partial charge in [0.2, 0.25) is 0 Å². The number of ether oxygens (including phenoxy) is 1. The van der Waals surface area contributed by atoms with Crippen LogP contribution in [0.3, 0.4) is 0 Å². The molecule has 2 rings (SSSR count). The van der Waals surface area contributed by atoms with E-state index in [1.807, 2.05) is 14.0 Å². The number of carbonyl (C=O) groups is 1. The Morgan fingerprint density at radius 3 is 2.74 bits per heavy atom. The summed E-state index contributed by atoms with van der Waals surface area (Å²) in [6.07, 6.45) is 5.48. The molecule has 128 valence electrons. The third-order valence-corrected chi connectivity index (χ3v) is 4.54. The number of hydrogen-bond acceptors (Lipinski definition) is 4. The molecule has 1 aromatic rings. The molecule has 0 aromatic heterocycles. The van der Waals surface area contributed by atoms with Crippen molar-refractivity contribution in [2.45, 2.75) is 51.6 Å². The Morgan fingerprint density at radius 2 is 2.00 bits per heavy atom. The number of fused-ring (bicyclic) bond motifs is 1. The Morgan fingerprint density at radius 1 is 1.26 bits per heavy atom. The standard InChI is InChI=1S/C19H29NO3/c1-3-23-19(22)11-13-20(2)12-10-18(21)17-9-8-15-6-4-5-7-16(15)14-17/h8-9,14,18,21H,3-7,10-13H2,1-2H3. The highest BCUT2D eigenvalue weighted by atomic mass is 16.5. The summed E-state index contributed by atoms with van der Waals surface area (Å²) in [7, 11) is 1.97. The predicted octanol–water partition coefficient (Wildman–Crippen LogP) is 2.87. The first kappa shape index (κ1) is 18.0. The van der Waals surface area contributed by atoms with Gasteiger partial charge in [0, 0.05) is 13.1 Å². The van der Waals surface area contributed by atoms with Crippen molar-refractivity contribution in [3.63, 3.8) is 0 Å². The van der Waals surface area contributed by atoms with Gasteiger partial charge in [0.1, 0.15) is 0 Å². The predicted molar refractivity (Wildman–Crippen MR) is 91.4 cm³/mol. The highest BCUT2D eigenvalue weighted by Crippen LogP contribution is 2.26. The highest BCUT2D eigenvalue weighted by molar-refractivity contribution is 5.69.